The summed E-state index contributed by atoms with van der Waals surface area (Å²) in [7, 11) is 0. The first kappa shape index (κ1) is 47.9. The predicted molar refractivity (Wildman–Crippen MR) is 342 cm³/mol. The Hall–Kier alpha value is -10.3. The molecule has 0 N–H and O–H groups in total. The van der Waals surface area contributed by atoms with E-state index in [9.17, 15) is 0 Å². The molecule has 0 amide bonds. The molecule has 0 aliphatic heterocycles. The van der Waals surface area contributed by atoms with E-state index in [1.54, 1.807) is 0 Å². The van der Waals surface area contributed by atoms with Gasteiger partial charge in [-0.15, -0.1) is 0 Å². The summed E-state index contributed by atoms with van der Waals surface area (Å²) in [6.07, 6.45) is 4.47. The second kappa shape index (κ2) is 19.6. The van der Waals surface area contributed by atoms with E-state index in [-0.39, 0.29) is 0 Å². The molecule has 0 saturated carbocycles. The van der Waals surface area contributed by atoms with Gasteiger partial charge in [-0.3, -0.25) is 0 Å². The number of allylic oxidation sites excluding steroid dienone is 4. The molecule has 1 aliphatic carbocycles. The summed E-state index contributed by atoms with van der Waals surface area (Å²) in [6, 6.07) is 107. The Morgan fingerprint density at radius 1 is 0.296 bits per heavy atom. The van der Waals surface area contributed by atoms with E-state index in [1.165, 1.54) is 138 Å². The summed E-state index contributed by atoms with van der Waals surface area (Å²) in [4.78, 5) is 0. The number of hydrogen-bond donors (Lipinski definition) is 0. The molecule has 1 atom stereocenters. The number of aromatic nitrogens is 2. The minimum atomic E-state index is -0.506. The normalized spacial score (nSPS) is 14.2. The second-order valence-corrected chi connectivity index (χ2v) is 21.5. The molecular weight excluding hydrogens is 977 g/mol. The average Bonchev–Trinajstić information content (AvgIpc) is 3.94. The third-order valence-corrected chi connectivity index (χ3v) is 17.2. The van der Waals surface area contributed by atoms with Gasteiger partial charge in [0.2, 0.25) is 0 Å². The first-order valence-corrected chi connectivity index (χ1v) is 28.2. The molecule has 1 unspecified atom stereocenters. The van der Waals surface area contributed by atoms with E-state index < -0.39 is 5.41 Å². The zero-order chi connectivity index (χ0) is 54.0. The van der Waals surface area contributed by atoms with E-state index in [2.05, 4.69) is 326 Å². The number of nitrogens with zero attached hydrogens (tertiary/aromatic N) is 2. The van der Waals surface area contributed by atoms with Crippen molar-refractivity contribution >= 4 is 49.2 Å². The smallest absolute Gasteiger partial charge is 0.0679 e. The molecule has 2 nitrogen and oxygen atoms in total. The molecule has 2 heteroatoms. The van der Waals surface area contributed by atoms with Crippen LogP contribution in [0, 0.1) is 0 Å². The summed E-state index contributed by atoms with van der Waals surface area (Å²) < 4.78 is 4.80. The van der Waals surface area contributed by atoms with Gasteiger partial charge in [0, 0.05) is 32.9 Å². The van der Waals surface area contributed by atoms with Crippen molar-refractivity contribution in [1.29, 1.82) is 0 Å². The van der Waals surface area contributed by atoms with Crippen molar-refractivity contribution in [3.05, 3.63) is 331 Å². The van der Waals surface area contributed by atoms with Gasteiger partial charge in [0.25, 0.3) is 0 Å². The van der Waals surface area contributed by atoms with E-state index in [0.717, 1.165) is 5.69 Å². The lowest BCUT2D eigenvalue weighted by Gasteiger charge is -2.36. The maximum Gasteiger partial charge on any atom is 0.0679 e. The fourth-order valence-electron chi connectivity index (χ4n) is 13.5. The number of para-hydroxylation sites is 3. The van der Waals surface area contributed by atoms with Gasteiger partial charge < -0.3 is 9.13 Å². The molecule has 0 radical (unpaired) electrons. The lowest BCUT2D eigenvalue weighted by Crippen LogP contribution is -2.29. The van der Waals surface area contributed by atoms with Crippen LogP contribution >= 0.6 is 0 Å². The summed E-state index contributed by atoms with van der Waals surface area (Å²) in [6.45, 7) is 4.46. The lowest BCUT2D eigenvalue weighted by atomic mass is 9.65. The SMILES string of the molecule is C/C=C\C1=C(C)C(c2cccc(-c3ccc(-c4ccc(-c5cccc(-n6c7ccccc7c7cc(-c8ccc9c(c8)c8ccccc8n9-c8ccccc8)ccc76)c5)cc4)cc3)c2)(c2ccccc2-c2ccccc2)c2ccccc21. The average molecular weight is 1030 g/mol. The van der Waals surface area contributed by atoms with Crippen LogP contribution in [0.2, 0.25) is 0 Å². The topological polar surface area (TPSA) is 9.86 Å². The van der Waals surface area contributed by atoms with E-state index in [4.69, 9.17) is 0 Å². The largest absolute Gasteiger partial charge is 0.309 e. The molecule has 382 valence electrons. The minimum Gasteiger partial charge on any atom is -0.309 e. The highest BCUT2D eigenvalue weighted by Gasteiger charge is 2.46. The number of fused-ring (bicyclic) bond motifs is 7. The van der Waals surface area contributed by atoms with Crippen molar-refractivity contribution in [3.8, 4) is 67.0 Å². The summed E-state index contributed by atoms with van der Waals surface area (Å²) in [5.74, 6) is 0. The first-order valence-electron chi connectivity index (χ1n) is 28.2. The molecule has 15 rings (SSSR count). The fraction of sp³-hybridized carbons (Fsp3) is 0.0380. The van der Waals surface area contributed by atoms with Gasteiger partial charge in [0.1, 0.15) is 0 Å². The molecule has 0 fully saturated rings. The maximum atomic E-state index is 2.43. The number of benzene rings is 12. The van der Waals surface area contributed by atoms with Gasteiger partial charge in [-0.1, -0.05) is 237 Å². The van der Waals surface area contributed by atoms with Gasteiger partial charge in [-0.25, -0.2) is 0 Å². The van der Waals surface area contributed by atoms with Crippen LogP contribution < -0.4 is 0 Å². The van der Waals surface area contributed by atoms with Gasteiger partial charge >= 0.3 is 0 Å². The van der Waals surface area contributed by atoms with E-state index in [1.807, 2.05) is 0 Å². The standard InChI is InChI=1S/C79H56N2/c1-3-20-66-53(2)79(74-34-15-11-30-68(66)74,73-33-14-10-29-67(73)58-21-6-4-7-22-58)63-25-18-23-59(49-63)56-41-37-54(38-42-56)55-39-43-57(44-40-55)60-24-19-28-65(50-60)81-76-36-17-13-32-70(76)72-52-62(46-48-78(72)81)61-45-47-77-71(51-61)69-31-12-16-35-75(69)80(77)64-26-8-5-9-27-64/h3-52H,1-2H3/b20-3-. The summed E-state index contributed by atoms with van der Waals surface area (Å²) >= 11 is 0. The fourth-order valence-corrected chi connectivity index (χ4v) is 13.5. The third-order valence-electron chi connectivity index (χ3n) is 17.2. The lowest BCUT2D eigenvalue weighted by molar-refractivity contribution is 0.745. The molecule has 1 aliphatic rings. The van der Waals surface area contributed by atoms with Crippen LogP contribution in [0.3, 0.4) is 0 Å². The molecule has 2 heterocycles. The molecule has 2 aromatic heterocycles. The second-order valence-electron chi connectivity index (χ2n) is 21.5. The van der Waals surface area contributed by atoms with E-state index >= 15 is 0 Å². The highest BCUT2D eigenvalue weighted by molar-refractivity contribution is 6.13. The minimum absolute atomic E-state index is 0.506. The van der Waals surface area contributed by atoms with Crippen LogP contribution in [0.5, 0.6) is 0 Å². The van der Waals surface area contributed by atoms with Crippen molar-refractivity contribution in [2.75, 3.05) is 0 Å². The Bertz CT molecular complexity index is 4800. The molecule has 14 aromatic rings. The Kier molecular flexibility index (Phi) is 11.6. The molecule has 0 spiro atoms. The Morgan fingerprint density at radius 2 is 0.704 bits per heavy atom. The zero-order valence-corrected chi connectivity index (χ0v) is 45.3. The van der Waals surface area contributed by atoms with Crippen molar-refractivity contribution in [2.45, 2.75) is 19.3 Å². The van der Waals surface area contributed by atoms with Crippen LogP contribution in [-0.2, 0) is 5.41 Å². The zero-order valence-electron chi connectivity index (χ0n) is 45.3. The highest BCUT2D eigenvalue weighted by Crippen LogP contribution is 2.57. The molecule has 12 aromatic carbocycles. The van der Waals surface area contributed by atoms with Crippen molar-refractivity contribution < 1.29 is 0 Å². The van der Waals surface area contributed by atoms with Gasteiger partial charge in [0.05, 0.1) is 27.5 Å². The van der Waals surface area contributed by atoms with Gasteiger partial charge in [-0.2, -0.15) is 0 Å². The van der Waals surface area contributed by atoms with Gasteiger partial charge in [0.15, 0.2) is 0 Å². The number of hydrogen-bond acceptors (Lipinski definition) is 0. The molecule has 0 saturated heterocycles. The Labute approximate surface area is 473 Å². The highest BCUT2D eigenvalue weighted by atomic mass is 15.0. The van der Waals surface area contributed by atoms with Crippen molar-refractivity contribution in [1.82, 2.24) is 9.13 Å². The predicted octanol–water partition coefficient (Wildman–Crippen LogP) is 20.9. The molecule has 0 bridgehead atoms. The van der Waals surface area contributed by atoms with Crippen LogP contribution in [0.1, 0.15) is 36.1 Å². The number of rotatable bonds is 10. The van der Waals surface area contributed by atoms with Crippen LogP contribution in [0.25, 0.3) is 116 Å². The van der Waals surface area contributed by atoms with Crippen LogP contribution in [0.15, 0.2) is 309 Å². The quantitative estimate of drug-likeness (QED) is 0.129. The molecular formula is C79H56N2. The van der Waals surface area contributed by atoms with Gasteiger partial charge in [-0.05, 0) is 170 Å². The summed E-state index contributed by atoms with van der Waals surface area (Å²) in [5, 5.41) is 4.99. The van der Waals surface area contributed by atoms with Crippen LogP contribution in [0.4, 0.5) is 0 Å². The Morgan fingerprint density at radius 3 is 1.30 bits per heavy atom. The first-order chi connectivity index (χ1) is 40.0. The Balaban J connectivity index is 0.738. The maximum absolute atomic E-state index is 2.43. The van der Waals surface area contributed by atoms with Crippen molar-refractivity contribution in [2.24, 2.45) is 0 Å². The summed E-state index contributed by atoms with van der Waals surface area (Å²) in [5.41, 5.74) is 26.4. The molecule has 81 heavy (non-hydrogen) atoms. The van der Waals surface area contributed by atoms with E-state index in [0.29, 0.717) is 0 Å². The van der Waals surface area contributed by atoms with Crippen molar-refractivity contribution in [3.63, 3.8) is 0 Å². The van der Waals surface area contributed by atoms with Crippen LogP contribution in [-0.4, -0.2) is 9.13 Å². The monoisotopic (exact) mass is 1030 g/mol. The third kappa shape index (κ3) is 7.78.